The fourth-order valence-electron chi connectivity index (χ4n) is 2.44. The van der Waals surface area contributed by atoms with Gasteiger partial charge < -0.3 is 20.8 Å². The zero-order valence-corrected chi connectivity index (χ0v) is 14.2. The maximum absolute atomic E-state index is 6.11. The molecule has 0 bridgehead atoms. The molecule has 0 saturated heterocycles. The molecule has 3 aromatic rings. The highest BCUT2D eigenvalue weighted by Crippen LogP contribution is 2.30. The van der Waals surface area contributed by atoms with E-state index in [4.69, 9.17) is 22.1 Å². The summed E-state index contributed by atoms with van der Waals surface area (Å²) in [6.45, 7) is 1.59. The van der Waals surface area contributed by atoms with E-state index in [1.54, 1.807) is 19.5 Å². The number of hydrogen-bond acceptors (Lipinski definition) is 6. The fraction of sp³-hybridized carbons (Fsp3) is 0.400. The molecule has 0 amide bonds. The number of nitrogens with zero attached hydrogens (tertiary/aromatic N) is 4. The van der Waals surface area contributed by atoms with Crippen molar-refractivity contribution in [2.24, 2.45) is 5.73 Å². The predicted octanol–water partition coefficient (Wildman–Crippen LogP) is 2.69. The highest BCUT2D eigenvalue weighted by Gasteiger charge is 2.13. The highest BCUT2D eigenvalue weighted by atomic mass is 35.5. The first-order chi connectivity index (χ1) is 11.7. The van der Waals surface area contributed by atoms with Crippen LogP contribution in [0.5, 0.6) is 5.88 Å². The third-order valence-electron chi connectivity index (χ3n) is 3.62. The first-order valence-corrected chi connectivity index (χ1v) is 8.17. The van der Waals surface area contributed by atoms with Gasteiger partial charge >= 0.3 is 0 Å². The molecule has 0 fully saturated rings. The van der Waals surface area contributed by atoms with E-state index in [-0.39, 0.29) is 0 Å². The van der Waals surface area contributed by atoms with Gasteiger partial charge in [0.15, 0.2) is 0 Å². The fourth-order valence-corrected chi connectivity index (χ4v) is 2.67. The third kappa shape index (κ3) is 3.60. The number of halogens is 1. The molecule has 0 spiro atoms. The standard InChI is InChI=1S/C15H20ClN7O/c1-24-14-12-11(16)8-18-13(12)21-15(22-14)20-10-7-19-23(9-10)6-4-2-3-5-17/h7-9H,2-6,17H2,1H3,(H2,18,20,21,22). The van der Waals surface area contributed by atoms with Crippen LogP contribution in [0, 0.1) is 0 Å². The summed E-state index contributed by atoms with van der Waals surface area (Å²) >= 11 is 6.11. The van der Waals surface area contributed by atoms with Crippen LogP contribution in [0.2, 0.25) is 5.02 Å². The summed E-state index contributed by atoms with van der Waals surface area (Å²) in [5.74, 6) is 0.837. The van der Waals surface area contributed by atoms with Crippen molar-refractivity contribution in [3.05, 3.63) is 23.6 Å². The maximum atomic E-state index is 6.11. The van der Waals surface area contributed by atoms with Gasteiger partial charge in [-0.05, 0) is 19.4 Å². The first kappa shape index (κ1) is 16.5. The quantitative estimate of drug-likeness (QED) is 0.540. The van der Waals surface area contributed by atoms with Gasteiger partial charge in [0.1, 0.15) is 5.65 Å². The molecule has 128 valence electrons. The monoisotopic (exact) mass is 349 g/mol. The number of nitrogens with one attached hydrogen (secondary N) is 2. The minimum Gasteiger partial charge on any atom is -0.480 e. The van der Waals surface area contributed by atoms with E-state index < -0.39 is 0 Å². The zero-order valence-electron chi connectivity index (χ0n) is 13.4. The summed E-state index contributed by atoms with van der Waals surface area (Å²) in [5, 5.41) is 8.65. The van der Waals surface area contributed by atoms with Gasteiger partial charge in [-0.25, -0.2) is 0 Å². The van der Waals surface area contributed by atoms with E-state index in [1.807, 2.05) is 10.9 Å². The molecule has 0 radical (unpaired) electrons. The molecule has 0 saturated carbocycles. The number of aryl methyl sites for hydroxylation is 1. The molecule has 0 aliphatic heterocycles. The van der Waals surface area contributed by atoms with Gasteiger partial charge in [0.25, 0.3) is 0 Å². The molecular formula is C15H20ClN7O. The van der Waals surface area contributed by atoms with Crippen LogP contribution < -0.4 is 15.8 Å². The highest BCUT2D eigenvalue weighted by molar-refractivity contribution is 6.35. The second kappa shape index (κ2) is 7.50. The Balaban J connectivity index is 1.72. The molecule has 3 heterocycles. The first-order valence-electron chi connectivity index (χ1n) is 7.79. The summed E-state index contributed by atoms with van der Waals surface area (Å²) in [6.07, 6.45) is 8.51. The number of ether oxygens (including phenoxy) is 1. The van der Waals surface area contributed by atoms with Crippen molar-refractivity contribution in [3.8, 4) is 5.88 Å². The van der Waals surface area contributed by atoms with E-state index in [1.165, 1.54) is 0 Å². The lowest BCUT2D eigenvalue weighted by Gasteiger charge is -2.06. The minimum absolute atomic E-state index is 0.417. The number of hydrogen-bond donors (Lipinski definition) is 3. The van der Waals surface area contributed by atoms with Gasteiger partial charge in [0, 0.05) is 18.9 Å². The van der Waals surface area contributed by atoms with Crippen LogP contribution >= 0.6 is 11.6 Å². The molecular weight excluding hydrogens is 330 g/mol. The second-order valence-electron chi connectivity index (χ2n) is 5.38. The van der Waals surface area contributed by atoms with Crippen molar-refractivity contribution in [1.29, 1.82) is 0 Å². The van der Waals surface area contributed by atoms with E-state index in [2.05, 4.69) is 25.4 Å². The average Bonchev–Trinajstić information content (AvgIpc) is 3.18. The molecule has 0 atom stereocenters. The normalized spacial score (nSPS) is 11.1. The van der Waals surface area contributed by atoms with Gasteiger partial charge in [-0.15, -0.1) is 0 Å². The van der Waals surface area contributed by atoms with Crippen molar-refractivity contribution < 1.29 is 4.74 Å². The lowest BCUT2D eigenvalue weighted by Crippen LogP contribution is -2.02. The van der Waals surface area contributed by atoms with Gasteiger partial charge in [0.2, 0.25) is 11.8 Å². The Morgan fingerprint density at radius 1 is 1.33 bits per heavy atom. The summed E-state index contributed by atoms with van der Waals surface area (Å²) in [5.41, 5.74) is 6.92. The number of fused-ring (bicyclic) bond motifs is 1. The Labute approximate surface area is 144 Å². The van der Waals surface area contributed by atoms with Gasteiger partial charge in [0.05, 0.1) is 29.4 Å². The Morgan fingerprint density at radius 2 is 2.21 bits per heavy atom. The average molecular weight is 350 g/mol. The van der Waals surface area contributed by atoms with Crippen molar-refractivity contribution in [2.75, 3.05) is 19.0 Å². The summed E-state index contributed by atoms with van der Waals surface area (Å²) < 4.78 is 7.19. The van der Waals surface area contributed by atoms with Crippen LogP contribution in [-0.4, -0.2) is 38.4 Å². The van der Waals surface area contributed by atoms with Crippen molar-refractivity contribution >= 4 is 34.3 Å². The molecule has 9 heteroatoms. The topological polar surface area (TPSA) is 107 Å². The lowest BCUT2D eigenvalue weighted by atomic mass is 10.2. The SMILES string of the molecule is COc1nc(Nc2cnn(CCCCCN)c2)nc2[nH]cc(Cl)c12. The van der Waals surface area contributed by atoms with Gasteiger partial charge in [-0.2, -0.15) is 15.1 Å². The van der Waals surface area contributed by atoms with Crippen molar-refractivity contribution in [3.63, 3.8) is 0 Å². The number of nitrogens with two attached hydrogens (primary N) is 1. The van der Waals surface area contributed by atoms with Crippen LogP contribution in [-0.2, 0) is 6.54 Å². The van der Waals surface area contributed by atoms with Crippen molar-refractivity contribution in [2.45, 2.75) is 25.8 Å². The molecule has 0 unspecified atom stereocenters. The Morgan fingerprint density at radius 3 is 3.00 bits per heavy atom. The molecule has 3 aromatic heterocycles. The number of anilines is 2. The number of aromatic amines is 1. The molecule has 0 aliphatic rings. The number of aromatic nitrogens is 5. The number of methoxy groups -OCH3 is 1. The largest absolute Gasteiger partial charge is 0.480 e. The summed E-state index contributed by atoms with van der Waals surface area (Å²) in [6, 6.07) is 0. The number of rotatable bonds is 8. The Hall–Kier alpha value is -2.32. The Bertz CT molecular complexity index is 813. The second-order valence-corrected chi connectivity index (χ2v) is 5.79. The van der Waals surface area contributed by atoms with Crippen LogP contribution in [0.4, 0.5) is 11.6 Å². The van der Waals surface area contributed by atoms with Gasteiger partial charge in [-0.3, -0.25) is 4.68 Å². The number of H-pyrrole nitrogens is 1. The van der Waals surface area contributed by atoms with Crippen molar-refractivity contribution in [1.82, 2.24) is 24.7 Å². The minimum atomic E-state index is 0.417. The van der Waals surface area contributed by atoms with Crippen LogP contribution in [0.15, 0.2) is 18.6 Å². The molecule has 3 rings (SSSR count). The maximum Gasteiger partial charge on any atom is 0.232 e. The predicted molar refractivity (Wildman–Crippen MR) is 93.9 cm³/mol. The van der Waals surface area contributed by atoms with Crippen LogP contribution in [0.25, 0.3) is 11.0 Å². The van der Waals surface area contributed by atoms with E-state index in [9.17, 15) is 0 Å². The van der Waals surface area contributed by atoms with E-state index >= 15 is 0 Å². The molecule has 8 nitrogen and oxygen atoms in total. The smallest absolute Gasteiger partial charge is 0.232 e. The van der Waals surface area contributed by atoms with Gasteiger partial charge in [-0.1, -0.05) is 18.0 Å². The molecule has 4 N–H and O–H groups in total. The zero-order chi connectivity index (χ0) is 16.9. The van der Waals surface area contributed by atoms with E-state index in [0.29, 0.717) is 27.9 Å². The number of unbranched alkanes of at least 4 members (excludes halogenated alkanes) is 2. The summed E-state index contributed by atoms with van der Waals surface area (Å²) in [4.78, 5) is 11.7. The van der Waals surface area contributed by atoms with Crippen LogP contribution in [0.3, 0.4) is 0 Å². The molecule has 24 heavy (non-hydrogen) atoms. The summed E-state index contributed by atoms with van der Waals surface area (Å²) in [7, 11) is 1.55. The van der Waals surface area contributed by atoms with E-state index in [0.717, 1.165) is 38.0 Å². The Kier molecular flexibility index (Phi) is 5.17. The lowest BCUT2D eigenvalue weighted by molar-refractivity contribution is 0.403. The molecule has 0 aromatic carbocycles. The van der Waals surface area contributed by atoms with Crippen LogP contribution in [0.1, 0.15) is 19.3 Å². The third-order valence-corrected chi connectivity index (χ3v) is 3.92. The molecule has 0 aliphatic carbocycles.